The highest BCUT2D eigenvalue weighted by molar-refractivity contribution is 5.70. The number of aliphatic hydroxyl groups is 1. The zero-order chi connectivity index (χ0) is 18.8. The Labute approximate surface area is 158 Å². The molecule has 2 aliphatic carbocycles. The van der Waals surface area contributed by atoms with Gasteiger partial charge in [0.25, 0.3) is 0 Å². The predicted octanol–water partition coefficient (Wildman–Crippen LogP) is 1.52. The van der Waals surface area contributed by atoms with Crippen LogP contribution in [0.15, 0.2) is 24.3 Å². The van der Waals surface area contributed by atoms with Gasteiger partial charge < -0.3 is 24.6 Å². The number of phenolic OH excluding ortho intramolecular Hbond substituents is 1. The number of carbonyl (C=O) groups excluding carboxylic acids is 1. The molecule has 144 valence electrons. The summed E-state index contributed by atoms with van der Waals surface area (Å²) in [7, 11) is 2.17. The molecule has 0 unspecified atom stereocenters. The first kappa shape index (κ1) is 17.1. The van der Waals surface area contributed by atoms with E-state index in [0.29, 0.717) is 18.2 Å². The molecule has 6 nitrogen and oxygen atoms in total. The fraction of sp³-hybridized carbons (Fsp3) is 0.571. The number of nitrogens with zero attached hydrogens (tertiary/aromatic N) is 1. The monoisotopic (exact) mass is 371 g/mol. The molecule has 1 spiro atoms. The number of esters is 1. The van der Waals surface area contributed by atoms with Gasteiger partial charge in [0.1, 0.15) is 6.10 Å². The number of carbonyl (C=O) groups is 1. The molecule has 27 heavy (non-hydrogen) atoms. The largest absolute Gasteiger partial charge is 0.504 e. The number of phenols is 1. The number of benzene rings is 1. The zero-order valence-electron chi connectivity index (χ0n) is 15.4. The van der Waals surface area contributed by atoms with Crippen LogP contribution < -0.4 is 4.74 Å². The standard InChI is InChI=1S/C21H25NO5/c1-22-9-8-21-13-5-7-16(26-17(25)3-2-10-23)20(21)27-19-15(24)6-4-12(18(19)21)11-14(13)22/h4-7,13-14,16,20,23-24H,2-3,8-11H2,1H3/t13-,14+,16-,20-,21-/m0/s1. The maximum absolute atomic E-state index is 12.2. The van der Waals surface area contributed by atoms with Crippen molar-refractivity contribution in [3.05, 3.63) is 35.4 Å². The van der Waals surface area contributed by atoms with Crippen molar-refractivity contribution in [3.63, 3.8) is 0 Å². The van der Waals surface area contributed by atoms with Crippen molar-refractivity contribution in [2.75, 3.05) is 20.2 Å². The van der Waals surface area contributed by atoms with Gasteiger partial charge >= 0.3 is 5.97 Å². The molecule has 2 aliphatic heterocycles. The number of aromatic hydroxyl groups is 1. The van der Waals surface area contributed by atoms with Crippen LogP contribution in [-0.4, -0.2) is 59.5 Å². The van der Waals surface area contributed by atoms with Crippen LogP contribution in [-0.2, 0) is 21.4 Å². The molecule has 0 amide bonds. The van der Waals surface area contributed by atoms with Crippen LogP contribution in [0, 0.1) is 5.92 Å². The van der Waals surface area contributed by atoms with Crippen LogP contribution in [0.2, 0.25) is 0 Å². The first-order valence-corrected chi connectivity index (χ1v) is 9.77. The summed E-state index contributed by atoms with van der Waals surface area (Å²) in [5, 5.41) is 19.4. The van der Waals surface area contributed by atoms with Crippen LogP contribution >= 0.6 is 0 Å². The Morgan fingerprint density at radius 2 is 2.26 bits per heavy atom. The highest BCUT2D eigenvalue weighted by atomic mass is 16.6. The number of likely N-dealkylation sites (N-methyl/N-ethyl adjacent to an activating group) is 1. The molecule has 4 aliphatic rings. The third-order valence-corrected chi connectivity index (χ3v) is 6.94. The van der Waals surface area contributed by atoms with Gasteiger partial charge in [-0.1, -0.05) is 12.1 Å². The average Bonchev–Trinajstić information content (AvgIpc) is 3.01. The summed E-state index contributed by atoms with van der Waals surface area (Å²) in [5.41, 5.74) is 2.11. The molecule has 0 radical (unpaired) electrons. The SMILES string of the molecule is CN1CC[C@]23c4c5ccc(O)c4O[C@H]2[C@@H](OC(=O)CCCO)C=C[C@H]3[C@H]1C5. The smallest absolute Gasteiger partial charge is 0.306 e. The molecule has 1 fully saturated rings. The van der Waals surface area contributed by atoms with Crippen LogP contribution in [0.25, 0.3) is 0 Å². The lowest BCUT2D eigenvalue weighted by Gasteiger charge is -2.56. The highest BCUT2D eigenvalue weighted by Crippen LogP contribution is 2.62. The van der Waals surface area contributed by atoms with Gasteiger partial charge in [0, 0.05) is 36.0 Å². The van der Waals surface area contributed by atoms with Gasteiger partial charge in [0.15, 0.2) is 17.6 Å². The van der Waals surface area contributed by atoms with Crippen molar-refractivity contribution in [2.45, 2.75) is 49.3 Å². The van der Waals surface area contributed by atoms with Crippen molar-refractivity contribution < 1.29 is 24.5 Å². The van der Waals surface area contributed by atoms with Crippen molar-refractivity contribution in [1.29, 1.82) is 0 Å². The number of ether oxygens (including phenoxy) is 2. The summed E-state index contributed by atoms with van der Waals surface area (Å²) < 4.78 is 12.1. The molecule has 6 heteroatoms. The van der Waals surface area contributed by atoms with Crippen molar-refractivity contribution in [1.82, 2.24) is 4.90 Å². The van der Waals surface area contributed by atoms with E-state index in [1.54, 1.807) is 6.07 Å². The van der Waals surface area contributed by atoms with E-state index in [-0.39, 0.29) is 42.2 Å². The lowest BCUT2D eigenvalue weighted by Crippen LogP contribution is -2.65. The number of rotatable bonds is 4. The number of likely N-dealkylation sites (tertiary alicyclic amines) is 1. The lowest BCUT2D eigenvalue weighted by molar-refractivity contribution is -0.155. The average molecular weight is 371 g/mol. The topological polar surface area (TPSA) is 79.2 Å². The van der Waals surface area contributed by atoms with Gasteiger partial charge in [0.05, 0.1) is 0 Å². The van der Waals surface area contributed by atoms with Gasteiger partial charge in [-0.2, -0.15) is 0 Å². The Balaban J connectivity index is 1.58. The lowest BCUT2D eigenvalue weighted by atomic mass is 9.53. The Hall–Kier alpha value is -2.05. The summed E-state index contributed by atoms with van der Waals surface area (Å²) in [5.74, 6) is 0.701. The summed E-state index contributed by atoms with van der Waals surface area (Å²) in [6.45, 7) is 0.923. The molecular weight excluding hydrogens is 346 g/mol. The molecular formula is C21H25NO5. The van der Waals surface area contributed by atoms with E-state index in [0.717, 1.165) is 24.9 Å². The van der Waals surface area contributed by atoms with E-state index in [1.165, 1.54) is 5.56 Å². The molecule has 2 bridgehead atoms. The van der Waals surface area contributed by atoms with E-state index < -0.39 is 6.10 Å². The molecule has 5 rings (SSSR count). The molecule has 1 saturated heterocycles. The second kappa shape index (κ2) is 5.97. The van der Waals surface area contributed by atoms with E-state index in [2.05, 4.69) is 18.0 Å². The number of hydrogen-bond acceptors (Lipinski definition) is 6. The van der Waals surface area contributed by atoms with Crippen LogP contribution in [0.5, 0.6) is 11.5 Å². The molecule has 2 heterocycles. The van der Waals surface area contributed by atoms with Gasteiger partial charge in [-0.3, -0.25) is 4.79 Å². The van der Waals surface area contributed by atoms with Gasteiger partial charge in [-0.05, 0) is 50.6 Å². The number of piperidine rings is 1. The molecule has 1 aromatic carbocycles. The quantitative estimate of drug-likeness (QED) is 0.617. The minimum atomic E-state index is -0.478. The van der Waals surface area contributed by atoms with E-state index in [1.807, 2.05) is 12.1 Å². The first-order valence-electron chi connectivity index (χ1n) is 9.77. The van der Waals surface area contributed by atoms with Crippen molar-refractivity contribution >= 4 is 5.97 Å². The maximum Gasteiger partial charge on any atom is 0.306 e. The van der Waals surface area contributed by atoms with E-state index >= 15 is 0 Å². The Morgan fingerprint density at radius 3 is 3.07 bits per heavy atom. The van der Waals surface area contributed by atoms with Crippen LogP contribution in [0.3, 0.4) is 0 Å². The van der Waals surface area contributed by atoms with Crippen molar-refractivity contribution in [2.24, 2.45) is 5.92 Å². The second-order valence-electron chi connectivity index (χ2n) is 8.22. The number of hydrogen-bond donors (Lipinski definition) is 2. The Morgan fingerprint density at radius 1 is 1.41 bits per heavy atom. The second-order valence-corrected chi connectivity index (χ2v) is 8.22. The normalized spacial score (nSPS) is 35.5. The maximum atomic E-state index is 12.2. The summed E-state index contributed by atoms with van der Waals surface area (Å²) in [4.78, 5) is 14.6. The summed E-state index contributed by atoms with van der Waals surface area (Å²) in [6.07, 6.45) is 5.81. The fourth-order valence-corrected chi connectivity index (χ4v) is 5.76. The summed E-state index contributed by atoms with van der Waals surface area (Å²) in [6, 6.07) is 4.12. The molecule has 5 atom stereocenters. The van der Waals surface area contributed by atoms with E-state index in [9.17, 15) is 9.90 Å². The third kappa shape index (κ3) is 2.23. The van der Waals surface area contributed by atoms with Gasteiger partial charge in [-0.25, -0.2) is 0 Å². The minimum absolute atomic E-state index is 0.0295. The van der Waals surface area contributed by atoms with Crippen LogP contribution in [0.1, 0.15) is 30.4 Å². The fourth-order valence-electron chi connectivity index (χ4n) is 5.76. The van der Waals surface area contributed by atoms with Crippen LogP contribution in [0.4, 0.5) is 0 Å². The summed E-state index contributed by atoms with van der Waals surface area (Å²) >= 11 is 0. The van der Waals surface area contributed by atoms with Crippen molar-refractivity contribution in [3.8, 4) is 11.5 Å². The third-order valence-electron chi connectivity index (χ3n) is 6.94. The molecule has 1 aromatic rings. The first-order chi connectivity index (χ1) is 13.1. The van der Waals surface area contributed by atoms with E-state index in [4.69, 9.17) is 14.6 Å². The predicted molar refractivity (Wildman–Crippen MR) is 97.8 cm³/mol. The van der Waals surface area contributed by atoms with Gasteiger partial charge in [0.2, 0.25) is 0 Å². The Bertz CT molecular complexity index is 821. The Kier molecular flexibility index (Phi) is 3.78. The highest BCUT2D eigenvalue weighted by Gasteiger charge is 2.65. The zero-order valence-corrected chi connectivity index (χ0v) is 15.4. The molecule has 2 N–H and O–H groups in total. The molecule has 0 aromatic heterocycles. The number of aliphatic hydroxyl groups excluding tert-OH is 1. The minimum Gasteiger partial charge on any atom is -0.504 e. The van der Waals surface area contributed by atoms with Gasteiger partial charge in [-0.15, -0.1) is 0 Å². The molecule has 0 saturated carbocycles.